The first kappa shape index (κ1) is 29.0. The highest BCUT2D eigenvalue weighted by molar-refractivity contribution is 7.98. The predicted molar refractivity (Wildman–Crippen MR) is 120 cm³/mol. The van der Waals surface area contributed by atoms with Gasteiger partial charge in [-0.2, -0.15) is 24.4 Å². The van der Waals surface area contributed by atoms with E-state index in [0.717, 1.165) is 0 Å². The van der Waals surface area contributed by atoms with Crippen LogP contribution in [0.4, 0.5) is 0 Å². The number of nitrogens with one attached hydrogen (secondary N) is 3. The second-order valence-corrected chi connectivity index (χ2v) is 8.67. The van der Waals surface area contributed by atoms with Crippen LogP contribution in [0, 0.1) is 5.92 Å². The van der Waals surface area contributed by atoms with Gasteiger partial charge >= 0.3 is 11.9 Å². The lowest BCUT2D eigenvalue weighted by molar-refractivity contribution is -0.143. The van der Waals surface area contributed by atoms with Crippen molar-refractivity contribution in [2.45, 2.75) is 57.3 Å². The molecule has 4 atom stereocenters. The van der Waals surface area contributed by atoms with Crippen LogP contribution in [-0.2, 0) is 24.0 Å². The van der Waals surface area contributed by atoms with E-state index in [0.29, 0.717) is 12.2 Å². The standard InChI is InChI=1S/C18H32N4O7S2/c1-9(2)6-12(18(28)29)21-17(27)13(8-30)22-16(26)11(7-14(23)24)20-15(25)10(19)4-5-31-3/h9-13,30H,4-8,19H2,1-3H3,(H,20,25)(H,21,27)(H,22,26)(H,23,24)(H,28,29). The molecule has 0 aromatic heterocycles. The van der Waals surface area contributed by atoms with Crippen molar-refractivity contribution >= 4 is 54.1 Å². The summed E-state index contributed by atoms with van der Waals surface area (Å²) in [6.45, 7) is 3.59. The Bertz CT molecular complexity index is 648. The maximum Gasteiger partial charge on any atom is 0.326 e. The van der Waals surface area contributed by atoms with Gasteiger partial charge in [0.25, 0.3) is 0 Å². The molecule has 0 aliphatic rings. The van der Waals surface area contributed by atoms with E-state index in [1.807, 2.05) is 6.26 Å². The van der Waals surface area contributed by atoms with E-state index in [-0.39, 0.29) is 18.1 Å². The minimum absolute atomic E-state index is 0.00378. The number of hydrogen-bond donors (Lipinski definition) is 7. The Morgan fingerprint density at radius 3 is 1.90 bits per heavy atom. The molecule has 7 N–H and O–H groups in total. The molecule has 0 spiro atoms. The van der Waals surface area contributed by atoms with Crippen LogP contribution < -0.4 is 21.7 Å². The maximum absolute atomic E-state index is 12.6. The lowest BCUT2D eigenvalue weighted by Crippen LogP contribution is -2.58. The molecule has 31 heavy (non-hydrogen) atoms. The van der Waals surface area contributed by atoms with Gasteiger partial charge in [-0.15, -0.1) is 0 Å². The normalized spacial score (nSPS) is 14.8. The van der Waals surface area contributed by atoms with Crippen LogP contribution in [0.2, 0.25) is 0 Å². The number of thioether (sulfide) groups is 1. The highest BCUT2D eigenvalue weighted by Gasteiger charge is 2.31. The van der Waals surface area contributed by atoms with Crippen molar-refractivity contribution in [2.75, 3.05) is 17.8 Å². The number of rotatable bonds is 15. The molecule has 0 aromatic carbocycles. The van der Waals surface area contributed by atoms with Gasteiger partial charge in [-0.3, -0.25) is 19.2 Å². The number of carbonyl (C=O) groups is 5. The smallest absolute Gasteiger partial charge is 0.326 e. The quantitative estimate of drug-likeness (QED) is 0.145. The average molecular weight is 481 g/mol. The fraction of sp³-hybridized carbons (Fsp3) is 0.722. The molecule has 13 heteroatoms. The molecule has 11 nitrogen and oxygen atoms in total. The van der Waals surface area contributed by atoms with Crippen LogP contribution >= 0.6 is 24.4 Å². The fourth-order valence-electron chi connectivity index (χ4n) is 2.47. The molecule has 0 aromatic rings. The van der Waals surface area contributed by atoms with Crippen molar-refractivity contribution in [1.82, 2.24) is 16.0 Å². The van der Waals surface area contributed by atoms with Gasteiger partial charge in [-0.25, -0.2) is 4.79 Å². The van der Waals surface area contributed by atoms with Crippen LogP contribution in [0.3, 0.4) is 0 Å². The van der Waals surface area contributed by atoms with Crippen molar-refractivity contribution in [1.29, 1.82) is 0 Å². The Kier molecular flexibility index (Phi) is 14.0. The first-order chi connectivity index (χ1) is 14.4. The van der Waals surface area contributed by atoms with Gasteiger partial charge in [0.15, 0.2) is 0 Å². The molecule has 0 aliphatic carbocycles. The van der Waals surface area contributed by atoms with Gasteiger partial charge in [0.05, 0.1) is 12.5 Å². The molecule has 0 heterocycles. The molecule has 0 aliphatic heterocycles. The third-order valence-corrected chi connectivity index (χ3v) is 5.13. The van der Waals surface area contributed by atoms with Gasteiger partial charge in [-0.1, -0.05) is 13.8 Å². The molecule has 0 saturated carbocycles. The van der Waals surface area contributed by atoms with Gasteiger partial charge in [0, 0.05) is 5.75 Å². The predicted octanol–water partition coefficient (Wildman–Crippen LogP) is -0.944. The summed E-state index contributed by atoms with van der Waals surface area (Å²) < 4.78 is 0. The number of hydrogen-bond acceptors (Lipinski definition) is 8. The fourth-order valence-corrected chi connectivity index (χ4v) is 3.22. The lowest BCUT2D eigenvalue weighted by Gasteiger charge is -2.24. The Hall–Kier alpha value is -1.99. The summed E-state index contributed by atoms with van der Waals surface area (Å²) in [7, 11) is 0. The second kappa shape index (κ2) is 14.9. The summed E-state index contributed by atoms with van der Waals surface area (Å²) in [4.78, 5) is 59.6. The molecule has 4 unspecified atom stereocenters. The highest BCUT2D eigenvalue weighted by Crippen LogP contribution is 2.06. The van der Waals surface area contributed by atoms with Crippen LogP contribution in [0.5, 0.6) is 0 Å². The van der Waals surface area contributed by atoms with E-state index in [1.165, 1.54) is 11.8 Å². The molecule has 0 rings (SSSR count). The third-order valence-electron chi connectivity index (χ3n) is 4.12. The van der Waals surface area contributed by atoms with Crippen molar-refractivity contribution < 1.29 is 34.2 Å². The largest absolute Gasteiger partial charge is 0.481 e. The Balaban J connectivity index is 5.21. The molecule has 0 saturated heterocycles. The van der Waals surface area contributed by atoms with E-state index in [4.69, 9.17) is 10.8 Å². The van der Waals surface area contributed by atoms with Crippen LogP contribution in [0.15, 0.2) is 0 Å². The summed E-state index contributed by atoms with van der Waals surface area (Å²) in [5.74, 6) is -4.53. The van der Waals surface area contributed by atoms with E-state index >= 15 is 0 Å². The molecule has 0 radical (unpaired) electrons. The third kappa shape index (κ3) is 11.8. The first-order valence-corrected chi connectivity index (χ1v) is 11.7. The van der Waals surface area contributed by atoms with Crippen molar-refractivity contribution in [3.8, 4) is 0 Å². The number of amides is 3. The summed E-state index contributed by atoms with van der Waals surface area (Å²) >= 11 is 5.48. The number of aliphatic carboxylic acids is 2. The molecular weight excluding hydrogens is 448 g/mol. The monoisotopic (exact) mass is 480 g/mol. The van der Waals surface area contributed by atoms with E-state index in [1.54, 1.807) is 13.8 Å². The SMILES string of the molecule is CSCCC(N)C(=O)NC(CC(=O)O)C(=O)NC(CS)C(=O)NC(CC(C)C)C(=O)O. The summed E-state index contributed by atoms with van der Waals surface area (Å²) in [6.07, 6.45) is 1.63. The molecule has 3 amide bonds. The summed E-state index contributed by atoms with van der Waals surface area (Å²) in [6, 6.07) is -4.78. The van der Waals surface area contributed by atoms with Gasteiger partial charge in [0.1, 0.15) is 18.1 Å². The number of carboxylic acids is 2. The Labute approximate surface area is 191 Å². The van der Waals surface area contributed by atoms with Crippen LogP contribution in [0.25, 0.3) is 0 Å². The van der Waals surface area contributed by atoms with E-state index in [2.05, 4.69) is 28.6 Å². The number of carbonyl (C=O) groups excluding carboxylic acids is 3. The van der Waals surface area contributed by atoms with Gasteiger partial charge in [-0.05, 0) is 30.8 Å². The van der Waals surface area contributed by atoms with Crippen molar-refractivity contribution in [2.24, 2.45) is 11.7 Å². The second-order valence-electron chi connectivity index (χ2n) is 7.32. The van der Waals surface area contributed by atoms with Gasteiger partial charge in [0.2, 0.25) is 17.7 Å². The van der Waals surface area contributed by atoms with E-state index in [9.17, 15) is 29.1 Å². The molecule has 0 bridgehead atoms. The van der Waals surface area contributed by atoms with Crippen LogP contribution in [0.1, 0.15) is 33.1 Å². The molecular formula is C18H32N4O7S2. The zero-order valence-electron chi connectivity index (χ0n) is 17.8. The van der Waals surface area contributed by atoms with Crippen molar-refractivity contribution in [3.05, 3.63) is 0 Å². The highest BCUT2D eigenvalue weighted by atomic mass is 32.2. The topological polar surface area (TPSA) is 188 Å². The van der Waals surface area contributed by atoms with Crippen molar-refractivity contribution in [3.63, 3.8) is 0 Å². The summed E-state index contributed by atoms with van der Waals surface area (Å²) in [5.41, 5.74) is 5.74. The number of nitrogens with two attached hydrogens (primary N) is 1. The Morgan fingerprint density at radius 1 is 0.935 bits per heavy atom. The molecule has 0 fully saturated rings. The zero-order valence-corrected chi connectivity index (χ0v) is 19.5. The van der Waals surface area contributed by atoms with Gasteiger partial charge < -0.3 is 31.9 Å². The maximum atomic E-state index is 12.6. The number of thiol groups is 1. The summed E-state index contributed by atoms with van der Waals surface area (Å²) in [5, 5.41) is 25.3. The minimum Gasteiger partial charge on any atom is -0.481 e. The molecule has 178 valence electrons. The minimum atomic E-state index is -1.47. The lowest BCUT2D eigenvalue weighted by atomic mass is 10.0. The first-order valence-electron chi connectivity index (χ1n) is 9.63. The average Bonchev–Trinajstić information content (AvgIpc) is 2.67. The Morgan fingerprint density at radius 2 is 1.45 bits per heavy atom. The van der Waals surface area contributed by atoms with Crippen LogP contribution in [-0.4, -0.2) is 81.8 Å². The van der Waals surface area contributed by atoms with E-state index < -0.39 is 60.2 Å². The zero-order chi connectivity index (χ0) is 24.1. The number of carboxylic acid groups (broad SMARTS) is 2.